The van der Waals surface area contributed by atoms with Gasteiger partial charge in [-0.05, 0) is 89.9 Å². The summed E-state index contributed by atoms with van der Waals surface area (Å²) in [6, 6.07) is -0.829. The van der Waals surface area contributed by atoms with E-state index in [0.29, 0.717) is 6.42 Å². The highest BCUT2D eigenvalue weighted by Crippen LogP contribution is 2.22. The van der Waals surface area contributed by atoms with Crippen LogP contribution in [0.15, 0.2) is 122 Å². The van der Waals surface area contributed by atoms with Crippen LogP contribution in [0.4, 0.5) is 0 Å². The smallest absolute Gasteiger partial charge is 0.220 e. The molecule has 7 atom stereocenters. The summed E-state index contributed by atoms with van der Waals surface area (Å²) in [5, 5.41) is 54.0. The summed E-state index contributed by atoms with van der Waals surface area (Å²) in [6.45, 7) is 3.54. The van der Waals surface area contributed by atoms with Gasteiger partial charge in [-0.15, -0.1) is 0 Å². The third kappa shape index (κ3) is 34.8. The Hall–Kier alpha value is -3.41. The summed E-state index contributed by atoms with van der Waals surface area (Å²) in [5.74, 6) is -0.202. The van der Waals surface area contributed by atoms with Crippen molar-refractivity contribution in [2.75, 3.05) is 13.2 Å². The second kappa shape index (κ2) is 45.4. The van der Waals surface area contributed by atoms with Crippen LogP contribution in [0.1, 0.15) is 174 Å². The molecule has 0 aromatic carbocycles. The van der Waals surface area contributed by atoms with E-state index in [2.05, 4.69) is 129 Å². The summed E-state index contributed by atoms with van der Waals surface area (Å²) in [5.41, 5.74) is 0. The van der Waals surface area contributed by atoms with E-state index in [1.165, 1.54) is 38.5 Å². The lowest BCUT2D eigenvalue weighted by Gasteiger charge is -2.40. The molecule has 7 unspecified atom stereocenters. The molecule has 1 aliphatic rings. The number of carbonyl (C=O) groups is 1. The predicted octanol–water partition coefficient (Wildman–Crippen LogP) is 12.0. The van der Waals surface area contributed by atoms with Gasteiger partial charge in [-0.1, -0.05) is 200 Å². The van der Waals surface area contributed by atoms with Gasteiger partial charge in [0.2, 0.25) is 5.91 Å². The van der Waals surface area contributed by atoms with Crippen LogP contribution in [0.5, 0.6) is 0 Å². The molecular weight excluding hydrogens is 827 g/mol. The molecule has 1 fully saturated rings. The van der Waals surface area contributed by atoms with Crippen LogP contribution >= 0.6 is 0 Å². The van der Waals surface area contributed by atoms with Gasteiger partial charge in [0.25, 0.3) is 0 Å². The summed E-state index contributed by atoms with van der Waals surface area (Å²) < 4.78 is 11.2. The molecule has 9 nitrogen and oxygen atoms in total. The first-order valence-electron chi connectivity index (χ1n) is 25.8. The Morgan fingerprint density at radius 2 is 0.955 bits per heavy atom. The number of nitrogens with one attached hydrogen (secondary N) is 1. The maximum Gasteiger partial charge on any atom is 0.220 e. The van der Waals surface area contributed by atoms with Gasteiger partial charge in [-0.25, -0.2) is 0 Å². The average Bonchev–Trinajstić information content (AvgIpc) is 3.32. The third-order valence-electron chi connectivity index (χ3n) is 11.3. The van der Waals surface area contributed by atoms with Gasteiger partial charge in [0.1, 0.15) is 24.4 Å². The van der Waals surface area contributed by atoms with E-state index in [1.807, 2.05) is 6.08 Å². The Labute approximate surface area is 401 Å². The Morgan fingerprint density at radius 1 is 0.530 bits per heavy atom. The highest BCUT2D eigenvalue weighted by atomic mass is 16.7. The van der Waals surface area contributed by atoms with E-state index >= 15 is 0 Å². The highest BCUT2D eigenvalue weighted by molar-refractivity contribution is 5.76. The first kappa shape index (κ1) is 60.6. The number of unbranched alkanes of at least 4 members (excludes halogenated alkanes) is 13. The maximum absolute atomic E-state index is 12.9. The fourth-order valence-electron chi connectivity index (χ4n) is 7.17. The lowest BCUT2D eigenvalue weighted by molar-refractivity contribution is -0.302. The number of carbonyl (C=O) groups excluding carboxylic acids is 1. The number of hydrogen-bond donors (Lipinski definition) is 6. The Bertz CT molecular complexity index is 1440. The molecule has 9 heteroatoms. The van der Waals surface area contributed by atoms with Gasteiger partial charge in [-0.2, -0.15) is 0 Å². The van der Waals surface area contributed by atoms with Gasteiger partial charge >= 0.3 is 0 Å². The lowest BCUT2D eigenvalue weighted by Crippen LogP contribution is -2.60. The van der Waals surface area contributed by atoms with Crippen molar-refractivity contribution in [1.29, 1.82) is 0 Å². The van der Waals surface area contributed by atoms with E-state index in [4.69, 9.17) is 9.47 Å². The summed E-state index contributed by atoms with van der Waals surface area (Å²) >= 11 is 0. The fraction of sp³-hybridized carbons (Fsp3) is 0.632. The predicted molar refractivity (Wildman–Crippen MR) is 276 cm³/mol. The number of amides is 1. The monoisotopic (exact) mass is 920 g/mol. The van der Waals surface area contributed by atoms with E-state index in [0.717, 1.165) is 116 Å². The van der Waals surface area contributed by atoms with Crippen LogP contribution in [0.25, 0.3) is 0 Å². The van der Waals surface area contributed by atoms with Crippen LogP contribution in [0, 0.1) is 0 Å². The number of aliphatic hydroxyl groups excluding tert-OH is 5. The molecule has 66 heavy (non-hydrogen) atoms. The van der Waals surface area contributed by atoms with Crippen molar-refractivity contribution in [2.45, 2.75) is 217 Å². The first-order chi connectivity index (χ1) is 32.3. The van der Waals surface area contributed by atoms with Crippen LogP contribution in [0.2, 0.25) is 0 Å². The number of rotatable bonds is 41. The first-order valence-corrected chi connectivity index (χ1v) is 25.8. The Morgan fingerprint density at radius 3 is 1.45 bits per heavy atom. The molecule has 6 N–H and O–H groups in total. The van der Waals surface area contributed by atoms with Crippen LogP contribution in [0.3, 0.4) is 0 Å². The van der Waals surface area contributed by atoms with Crippen molar-refractivity contribution >= 4 is 5.91 Å². The molecule has 1 rings (SSSR count). The van der Waals surface area contributed by atoms with Crippen molar-refractivity contribution in [2.24, 2.45) is 0 Å². The number of hydrogen-bond acceptors (Lipinski definition) is 8. The second-order valence-corrected chi connectivity index (χ2v) is 17.2. The summed E-state index contributed by atoms with van der Waals surface area (Å²) in [6.07, 6.45) is 61.4. The lowest BCUT2D eigenvalue weighted by atomic mass is 9.99. The van der Waals surface area contributed by atoms with Crippen LogP contribution in [-0.2, 0) is 14.3 Å². The summed E-state index contributed by atoms with van der Waals surface area (Å²) in [4.78, 5) is 12.9. The van der Waals surface area contributed by atoms with Crippen molar-refractivity contribution < 1.29 is 39.8 Å². The molecule has 1 amide bonds. The van der Waals surface area contributed by atoms with Gasteiger partial charge in [0.15, 0.2) is 6.29 Å². The zero-order chi connectivity index (χ0) is 48.0. The maximum atomic E-state index is 12.9. The molecule has 0 saturated carbocycles. The van der Waals surface area contributed by atoms with Crippen molar-refractivity contribution in [3.05, 3.63) is 122 Å². The SMILES string of the molecule is CC/C=C\C/C=C\C/C=C\C/C=C\C/C=C\C/C=C\C/C=C\C/C=C\CCCCCCCCCCCCC(=O)NC(COC1OC(CO)C(O)C(O)C1O)C(O)/C=C/CC/C=C/CCCC. The van der Waals surface area contributed by atoms with Gasteiger partial charge in [0, 0.05) is 6.42 Å². The third-order valence-corrected chi connectivity index (χ3v) is 11.3. The Kier molecular flexibility index (Phi) is 41.7. The molecule has 0 aliphatic carbocycles. The molecule has 0 aromatic heterocycles. The minimum Gasteiger partial charge on any atom is -0.394 e. The average molecular weight is 920 g/mol. The van der Waals surface area contributed by atoms with Crippen LogP contribution < -0.4 is 5.32 Å². The zero-order valence-corrected chi connectivity index (χ0v) is 41.1. The fourth-order valence-corrected chi connectivity index (χ4v) is 7.17. The molecular formula is C57H93NO8. The van der Waals surface area contributed by atoms with Gasteiger partial charge in [-0.3, -0.25) is 4.79 Å². The largest absolute Gasteiger partial charge is 0.394 e. The van der Waals surface area contributed by atoms with E-state index in [-0.39, 0.29) is 12.5 Å². The number of allylic oxidation sites excluding steroid dienone is 19. The van der Waals surface area contributed by atoms with Crippen molar-refractivity contribution in [3.63, 3.8) is 0 Å². The van der Waals surface area contributed by atoms with Crippen molar-refractivity contribution in [3.8, 4) is 0 Å². The molecule has 0 spiro atoms. The minimum absolute atomic E-state index is 0.202. The minimum atomic E-state index is -1.58. The molecule has 1 aliphatic heterocycles. The highest BCUT2D eigenvalue weighted by Gasteiger charge is 2.44. The van der Waals surface area contributed by atoms with Crippen molar-refractivity contribution in [1.82, 2.24) is 5.32 Å². The molecule has 0 aromatic rings. The molecule has 1 heterocycles. The van der Waals surface area contributed by atoms with E-state index in [9.17, 15) is 30.3 Å². The van der Waals surface area contributed by atoms with E-state index < -0.39 is 49.5 Å². The standard InChI is InChI=1S/C57H93NO8/c1-3-5-7-9-11-13-14-15-16-17-18-19-20-21-22-23-24-25-26-27-28-29-30-31-32-33-34-35-36-37-38-39-41-43-45-47-53(61)58-50(51(60)46-44-42-40-12-10-8-6-4-2)49-65-57-56(64)55(63)54(62)52(48-59)66-57/h5,7,10-13,15-16,18-19,21-22,24-25,27-28,30-31,44,46,50-52,54-57,59-60,62-64H,3-4,6,8-9,14,17,20,23,26,29,32-43,45,47-49H2,1-2H3,(H,58,61)/b7-5-,12-10+,13-11-,16-15-,19-18-,22-21-,25-24-,28-27-,31-30-,46-44+. The molecule has 0 bridgehead atoms. The second-order valence-electron chi connectivity index (χ2n) is 17.2. The molecule has 0 radical (unpaired) electrons. The van der Waals surface area contributed by atoms with Crippen LogP contribution in [-0.4, -0.2) is 87.5 Å². The normalized spacial score (nSPS) is 20.9. The quantitative estimate of drug-likeness (QED) is 0.0262. The number of ether oxygens (including phenoxy) is 2. The Balaban J connectivity index is 2.14. The topological polar surface area (TPSA) is 149 Å². The van der Waals surface area contributed by atoms with E-state index in [1.54, 1.807) is 6.08 Å². The van der Waals surface area contributed by atoms with Gasteiger partial charge < -0.3 is 40.3 Å². The molecule has 1 saturated heterocycles. The molecule has 374 valence electrons. The zero-order valence-electron chi connectivity index (χ0n) is 41.1. The summed E-state index contributed by atoms with van der Waals surface area (Å²) in [7, 11) is 0. The number of aliphatic hydroxyl groups is 5. The van der Waals surface area contributed by atoms with Gasteiger partial charge in [0.05, 0.1) is 25.4 Å².